The summed E-state index contributed by atoms with van der Waals surface area (Å²) in [5, 5.41) is 2.75. The van der Waals surface area contributed by atoms with Crippen LogP contribution in [0.1, 0.15) is 18.9 Å². The van der Waals surface area contributed by atoms with E-state index in [1.165, 1.54) is 0 Å². The maximum Gasteiger partial charge on any atom is 0.250 e. The van der Waals surface area contributed by atoms with E-state index in [9.17, 15) is 4.79 Å². The number of carbonyl (C=O) groups is 1. The summed E-state index contributed by atoms with van der Waals surface area (Å²) in [5.74, 6) is -0.131. The second-order valence-electron chi connectivity index (χ2n) is 3.50. The second-order valence-corrected chi connectivity index (χ2v) is 3.50. The lowest BCUT2D eigenvalue weighted by molar-refractivity contribution is -0.120. The third-order valence-electron chi connectivity index (χ3n) is 2.06. The topological polar surface area (TPSA) is 64.3 Å². The highest BCUT2D eigenvalue weighted by Crippen LogP contribution is 2.08. The monoisotopic (exact) mass is 222 g/mol. The molecule has 1 aromatic carbocycles. The van der Waals surface area contributed by atoms with Crippen molar-refractivity contribution < 1.29 is 9.53 Å². The Labute approximate surface area is 95.8 Å². The first kappa shape index (κ1) is 12.7. The fourth-order valence-corrected chi connectivity index (χ4v) is 1.23. The Bertz CT molecular complexity index is 322. The molecule has 1 rings (SSSR count). The van der Waals surface area contributed by atoms with Gasteiger partial charge in [-0.1, -0.05) is 19.1 Å². The lowest BCUT2D eigenvalue weighted by Crippen LogP contribution is -2.18. The van der Waals surface area contributed by atoms with E-state index in [4.69, 9.17) is 10.5 Å². The molecule has 0 aliphatic rings. The largest absolute Gasteiger partial charge is 0.372 e. The van der Waals surface area contributed by atoms with E-state index in [0.717, 1.165) is 17.7 Å². The number of rotatable bonds is 6. The molecule has 0 atom stereocenters. The van der Waals surface area contributed by atoms with E-state index in [0.29, 0.717) is 13.2 Å². The van der Waals surface area contributed by atoms with Gasteiger partial charge < -0.3 is 15.8 Å². The van der Waals surface area contributed by atoms with Gasteiger partial charge >= 0.3 is 0 Å². The van der Waals surface area contributed by atoms with Crippen molar-refractivity contribution in [1.29, 1.82) is 0 Å². The predicted molar refractivity (Wildman–Crippen MR) is 64.1 cm³/mol. The molecule has 0 saturated carbocycles. The fourth-order valence-electron chi connectivity index (χ4n) is 1.23. The van der Waals surface area contributed by atoms with E-state index < -0.39 is 0 Å². The van der Waals surface area contributed by atoms with Crippen LogP contribution in [0.15, 0.2) is 24.3 Å². The van der Waals surface area contributed by atoms with Crippen molar-refractivity contribution in [3.05, 3.63) is 29.8 Å². The van der Waals surface area contributed by atoms with Crippen LogP contribution in [0.5, 0.6) is 0 Å². The van der Waals surface area contributed by atoms with Crippen LogP contribution in [0.2, 0.25) is 0 Å². The van der Waals surface area contributed by atoms with Gasteiger partial charge in [-0.2, -0.15) is 0 Å². The summed E-state index contributed by atoms with van der Waals surface area (Å²) >= 11 is 0. The van der Waals surface area contributed by atoms with Gasteiger partial charge in [-0.3, -0.25) is 4.79 Å². The quantitative estimate of drug-likeness (QED) is 0.717. The SMILES string of the molecule is CCCOCC(=O)Nc1ccc(CN)cc1. The number of nitrogens with one attached hydrogen (secondary N) is 1. The summed E-state index contributed by atoms with van der Waals surface area (Å²) in [6, 6.07) is 7.45. The minimum atomic E-state index is -0.131. The number of amides is 1. The molecule has 4 nitrogen and oxygen atoms in total. The summed E-state index contributed by atoms with van der Waals surface area (Å²) < 4.78 is 5.13. The van der Waals surface area contributed by atoms with Crippen LogP contribution in [-0.2, 0) is 16.1 Å². The number of benzene rings is 1. The van der Waals surface area contributed by atoms with E-state index in [2.05, 4.69) is 5.32 Å². The van der Waals surface area contributed by atoms with Crippen LogP contribution < -0.4 is 11.1 Å². The Balaban J connectivity index is 2.37. The molecule has 16 heavy (non-hydrogen) atoms. The first-order valence-electron chi connectivity index (χ1n) is 5.43. The Hall–Kier alpha value is -1.39. The zero-order chi connectivity index (χ0) is 11.8. The van der Waals surface area contributed by atoms with Crippen molar-refractivity contribution >= 4 is 11.6 Å². The lowest BCUT2D eigenvalue weighted by Gasteiger charge is -2.06. The Kier molecular flexibility index (Phi) is 5.53. The van der Waals surface area contributed by atoms with Crippen molar-refractivity contribution in [2.75, 3.05) is 18.5 Å². The molecular weight excluding hydrogens is 204 g/mol. The molecule has 0 aliphatic carbocycles. The van der Waals surface area contributed by atoms with Gasteiger partial charge in [0.15, 0.2) is 0 Å². The van der Waals surface area contributed by atoms with Gasteiger partial charge in [0.2, 0.25) is 5.91 Å². The van der Waals surface area contributed by atoms with Gasteiger partial charge in [0.25, 0.3) is 0 Å². The summed E-state index contributed by atoms with van der Waals surface area (Å²) in [6.45, 7) is 3.23. The minimum absolute atomic E-state index is 0.104. The number of ether oxygens (including phenoxy) is 1. The summed E-state index contributed by atoms with van der Waals surface area (Å²) in [7, 11) is 0. The van der Waals surface area contributed by atoms with E-state index in [1.807, 2.05) is 31.2 Å². The number of carbonyl (C=O) groups excluding carboxylic acids is 1. The predicted octanol–water partition coefficient (Wildman–Crippen LogP) is 1.51. The number of nitrogens with two attached hydrogens (primary N) is 1. The molecule has 4 heteroatoms. The third-order valence-corrected chi connectivity index (χ3v) is 2.06. The first-order chi connectivity index (χ1) is 7.76. The standard InChI is InChI=1S/C12H18N2O2/c1-2-7-16-9-12(15)14-11-5-3-10(8-13)4-6-11/h3-6H,2,7-9,13H2,1H3,(H,14,15). The van der Waals surface area contributed by atoms with Crippen LogP contribution in [0.3, 0.4) is 0 Å². The van der Waals surface area contributed by atoms with Crippen molar-refractivity contribution in [2.45, 2.75) is 19.9 Å². The molecule has 0 bridgehead atoms. The number of anilines is 1. The van der Waals surface area contributed by atoms with Crippen molar-refractivity contribution in [3.8, 4) is 0 Å². The minimum Gasteiger partial charge on any atom is -0.372 e. The molecule has 1 amide bonds. The molecule has 0 spiro atoms. The molecule has 0 aromatic heterocycles. The maximum absolute atomic E-state index is 11.4. The smallest absolute Gasteiger partial charge is 0.250 e. The Morgan fingerprint density at radius 3 is 2.62 bits per heavy atom. The Morgan fingerprint density at radius 2 is 2.06 bits per heavy atom. The van der Waals surface area contributed by atoms with Gasteiger partial charge in [0.05, 0.1) is 0 Å². The van der Waals surface area contributed by atoms with E-state index >= 15 is 0 Å². The molecule has 0 aliphatic heterocycles. The van der Waals surface area contributed by atoms with E-state index in [1.54, 1.807) is 0 Å². The molecule has 1 aromatic rings. The fraction of sp³-hybridized carbons (Fsp3) is 0.417. The molecule has 88 valence electrons. The van der Waals surface area contributed by atoms with Gasteiger partial charge in [-0.25, -0.2) is 0 Å². The zero-order valence-corrected chi connectivity index (χ0v) is 9.53. The van der Waals surface area contributed by atoms with Crippen LogP contribution in [-0.4, -0.2) is 19.1 Å². The highest BCUT2D eigenvalue weighted by Gasteiger charge is 2.01. The number of hydrogen-bond donors (Lipinski definition) is 2. The van der Waals surface area contributed by atoms with Crippen molar-refractivity contribution in [2.24, 2.45) is 5.73 Å². The normalized spacial score (nSPS) is 10.1. The average Bonchev–Trinajstić information content (AvgIpc) is 2.30. The molecule has 3 N–H and O–H groups in total. The molecule has 0 unspecified atom stereocenters. The second kappa shape index (κ2) is 6.98. The van der Waals surface area contributed by atoms with Crippen LogP contribution in [0, 0.1) is 0 Å². The Morgan fingerprint density at radius 1 is 1.38 bits per heavy atom. The van der Waals surface area contributed by atoms with Crippen LogP contribution >= 0.6 is 0 Å². The van der Waals surface area contributed by atoms with Gasteiger partial charge in [-0.15, -0.1) is 0 Å². The van der Waals surface area contributed by atoms with Crippen LogP contribution in [0.4, 0.5) is 5.69 Å². The lowest BCUT2D eigenvalue weighted by atomic mass is 10.2. The van der Waals surface area contributed by atoms with Gasteiger partial charge in [0.1, 0.15) is 6.61 Å². The molecule has 0 saturated heterocycles. The third kappa shape index (κ3) is 4.42. The summed E-state index contributed by atoms with van der Waals surface area (Å²) in [4.78, 5) is 11.4. The molecule has 0 heterocycles. The van der Waals surface area contributed by atoms with E-state index in [-0.39, 0.29) is 12.5 Å². The van der Waals surface area contributed by atoms with Gasteiger partial charge in [-0.05, 0) is 24.1 Å². The highest BCUT2D eigenvalue weighted by atomic mass is 16.5. The molecule has 0 fully saturated rings. The summed E-state index contributed by atoms with van der Waals surface area (Å²) in [5.41, 5.74) is 7.28. The molecular formula is C12H18N2O2. The molecule has 0 radical (unpaired) electrons. The number of hydrogen-bond acceptors (Lipinski definition) is 3. The average molecular weight is 222 g/mol. The van der Waals surface area contributed by atoms with Crippen molar-refractivity contribution in [1.82, 2.24) is 0 Å². The summed E-state index contributed by atoms with van der Waals surface area (Å²) in [6.07, 6.45) is 0.915. The first-order valence-corrected chi connectivity index (χ1v) is 5.43. The maximum atomic E-state index is 11.4. The van der Waals surface area contributed by atoms with Gasteiger partial charge in [0, 0.05) is 18.8 Å². The van der Waals surface area contributed by atoms with Crippen LogP contribution in [0.25, 0.3) is 0 Å². The van der Waals surface area contributed by atoms with Crippen molar-refractivity contribution in [3.63, 3.8) is 0 Å². The highest BCUT2D eigenvalue weighted by molar-refractivity contribution is 5.91. The zero-order valence-electron chi connectivity index (χ0n) is 9.53.